The van der Waals surface area contributed by atoms with Crippen LogP contribution in [0.25, 0.3) is 0 Å². The van der Waals surface area contributed by atoms with Gasteiger partial charge in [0.05, 0.1) is 12.5 Å². The van der Waals surface area contributed by atoms with Crippen molar-refractivity contribution in [2.75, 3.05) is 13.2 Å². The number of nitrogens with zero attached hydrogens (tertiary/aromatic N) is 1. The molecule has 2 aromatic heterocycles. The van der Waals surface area contributed by atoms with Gasteiger partial charge in [-0.1, -0.05) is 0 Å². The van der Waals surface area contributed by atoms with E-state index in [1.54, 1.807) is 19.3 Å². The lowest BCUT2D eigenvalue weighted by atomic mass is 10.4. The van der Waals surface area contributed by atoms with Crippen LogP contribution in [0.3, 0.4) is 0 Å². The van der Waals surface area contributed by atoms with Crippen LogP contribution < -0.4 is 4.72 Å². The molecule has 0 amide bonds. The van der Waals surface area contributed by atoms with Gasteiger partial charge in [-0.25, -0.2) is 18.1 Å². The van der Waals surface area contributed by atoms with Crippen LogP contribution in [0.4, 0.5) is 0 Å². The zero-order chi connectivity index (χ0) is 14.4. The molecule has 8 heteroatoms. The maximum Gasteiger partial charge on any atom is 0.257 e. The summed E-state index contributed by atoms with van der Waals surface area (Å²) >= 11 is 0. The molecule has 0 aliphatic heterocycles. The predicted molar refractivity (Wildman–Crippen MR) is 71.5 cm³/mol. The number of hydrogen-bond donors (Lipinski definition) is 2. The van der Waals surface area contributed by atoms with Crippen molar-refractivity contribution in [2.24, 2.45) is 0 Å². The summed E-state index contributed by atoms with van der Waals surface area (Å²) < 4.78 is 36.6. The van der Waals surface area contributed by atoms with E-state index in [9.17, 15) is 8.42 Å². The number of aromatic nitrogens is 2. The van der Waals surface area contributed by atoms with Gasteiger partial charge in [0.25, 0.3) is 10.0 Å². The van der Waals surface area contributed by atoms with Crippen LogP contribution in [0, 0.1) is 6.92 Å². The molecule has 0 aliphatic rings. The largest absolute Gasteiger partial charge is 0.467 e. The molecule has 2 heterocycles. The predicted octanol–water partition coefficient (Wildman–Crippen LogP) is 1.20. The van der Waals surface area contributed by atoms with E-state index in [4.69, 9.17) is 9.15 Å². The number of nitrogens with one attached hydrogen (secondary N) is 2. The summed E-state index contributed by atoms with van der Waals surface area (Å²) in [7, 11) is -3.51. The molecule has 0 aliphatic carbocycles. The molecule has 7 nitrogen and oxygen atoms in total. The Morgan fingerprint density at radius 1 is 1.50 bits per heavy atom. The first-order valence-electron chi connectivity index (χ1n) is 6.19. The van der Waals surface area contributed by atoms with Crippen molar-refractivity contribution >= 4 is 10.0 Å². The number of aromatic amines is 1. The van der Waals surface area contributed by atoms with Crippen molar-refractivity contribution in [3.8, 4) is 0 Å². The van der Waals surface area contributed by atoms with Crippen molar-refractivity contribution < 1.29 is 17.6 Å². The average Bonchev–Trinajstić information content (AvgIpc) is 3.05. The molecule has 2 aromatic rings. The number of imidazole rings is 1. The van der Waals surface area contributed by atoms with E-state index in [1.807, 2.05) is 6.07 Å². The normalized spacial score (nSPS) is 11.8. The number of ether oxygens (including phenoxy) is 1. The molecule has 0 unspecified atom stereocenters. The summed E-state index contributed by atoms with van der Waals surface area (Å²) in [4.78, 5) is 6.54. The van der Waals surface area contributed by atoms with Crippen molar-refractivity contribution in [2.45, 2.75) is 25.0 Å². The Morgan fingerprint density at radius 2 is 2.35 bits per heavy atom. The van der Waals surface area contributed by atoms with Gasteiger partial charge in [-0.05, 0) is 25.5 Å². The Morgan fingerprint density at radius 3 is 3.00 bits per heavy atom. The molecule has 0 bridgehead atoms. The summed E-state index contributed by atoms with van der Waals surface area (Å²) in [6.07, 6.45) is 3.46. The molecule has 2 N–H and O–H groups in total. The van der Waals surface area contributed by atoms with Gasteiger partial charge in [0.1, 0.15) is 18.2 Å². The third-order valence-corrected chi connectivity index (χ3v) is 3.92. The average molecular weight is 299 g/mol. The molecule has 0 radical (unpaired) electrons. The summed E-state index contributed by atoms with van der Waals surface area (Å²) in [6, 6.07) is 3.61. The van der Waals surface area contributed by atoms with Crippen molar-refractivity contribution in [3.63, 3.8) is 0 Å². The Labute approximate surface area is 117 Å². The second-order valence-corrected chi connectivity index (χ2v) is 5.95. The Kier molecular flexibility index (Phi) is 4.94. The van der Waals surface area contributed by atoms with Crippen LogP contribution in [0.15, 0.2) is 34.0 Å². The summed E-state index contributed by atoms with van der Waals surface area (Å²) in [5, 5.41) is 0.0755. The fourth-order valence-corrected chi connectivity index (χ4v) is 2.60. The first kappa shape index (κ1) is 14.8. The molecule has 0 spiro atoms. The van der Waals surface area contributed by atoms with Gasteiger partial charge >= 0.3 is 0 Å². The number of aryl methyl sites for hydroxylation is 1. The van der Waals surface area contributed by atoms with Gasteiger partial charge in [-0.15, -0.1) is 0 Å². The minimum atomic E-state index is -3.51. The molecule has 110 valence electrons. The van der Waals surface area contributed by atoms with Gasteiger partial charge in [-0.3, -0.25) is 0 Å². The number of H-pyrrole nitrogens is 1. The van der Waals surface area contributed by atoms with E-state index >= 15 is 0 Å². The number of sulfonamides is 1. The van der Waals surface area contributed by atoms with E-state index in [2.05, 4.69) is 14.7 Å². The van der Waals surface area contributed by atoms with Gasteiger partial charge in [0.15, 0.2) is 5.03 Å². The van der Waals surface area contributed by atoms with E-state index in [1.165, 1.54) is 6.20 Å². The third-order valence-electron chi connectivity index (χ3n) is 2.55. The number of rotatable bonds is 8. The van der Waals surface area contributed by atoms with Crippen LogP contribution in [0.1, 0.15) is 18.0 Å². The Bertz CT molecular complexity index is 619. The smallest absolute Gasteiger partial charge is 0.257 e. The second kappa shape index (κ2) is 6.69. The molecular formula is C12H17N3O4S. The zero-order valence-electron chi connectivity index (χ0n) is 11.1. The van der Waals surface area contributed by atoms with Crippen LogP contribution in [-0.4, -0.2) is 31.5 Å². The fourth-order valence-electron chi connectivity index (χ4n) is 1.56. The van der Waals surface area contributed by atoms with Crippen molar-refractivity contribution in [3.05, 3.63) is 36.2 Å². The molecular weight excluding hydrogens is 282 g/mol. The molecule has 0 atom stereocenters. The minimum absolute atomic E-state index is 0.0755. The molecule has 0 saturated heterocycles. The van der Waals surface area contributed by atoms with Crippen LogP contribution >= 0.6 is 0 Å². The van der Waals surface area contributed by atoms with E-state index in [0.717, 1.165) is 5.76 Å². The summed E-state index contributed by atoms with van der Waals surface area (Å²) in [5.74, 6) is 1.31. The molecule has 0 fully saturated rings. The first-order valence-corrected chi connectivity index (χ1v) is 7.67. The SMILES string of the molecule is Cc1ncc(S(=O)(=O)NCCCOCc2ccco2)[nH]1. The second-order valence-electron chi connectivity index (χ2n) is 4.22. The van der Waals surface area contributed by atoms with Crippen molar-refractivity contribution in [1.29, 1.82) is 0 Å². The van der Waals surface area contributed by atoms with Crippen LogP contribution in [0.5, 0.6) is 0 Å². The maximum absolute atomic E-state index is 11.8. The first-order chi connectivity index (χ1) is 9.58. The van der Waals surface area contributed by atoms with Crippen LogP contribution in [-0.2, 0) is 21.4 Å². The highest BCUT2D eigenvalue weighted by Crippen LogP contribution is 2.05. The quantitative estimate of drug-likeness (QED) is 0.714. The number of furan rings is 1. The summed E-state index contributed by atoms with van der Waals surface area (Å²) in [6.45, 7) is 2.84. The number of hydrogen-bond acceptors (Lipinski definition) is 5. The topological polar surface area (TPSA) is 97.2 Å². The van der Waals surface area contributed by atoms with Gasteiger partial charge in [0, 0.05) is 13.2 Å². The van der Waals surface area contributed by atoms with E-state index in [0.29, 0.717) is 32.0 Å². The monoisotopic (exact) mass is 299 g/mol. The maximum atomic E-state index is 11.8. The van der Waals surface area contributed by atoms with Crippen LogP contribution in [0.2, 0.25) is 0 Å². The standard InChI is InChI=1S/C12H17N3O4S/c1-10-13-8-12(15-10)20(16,17)14-5-3-6-18-9-11-4-2-7-19-11/h2,4,7-8,14H,3,5-6,9H2,1H3,(H,13,15). The van der Waals surface area contributed by atoms with E-state index in [-0.39, 0.29) is 5.03 Å². The zero-order valence-corrected chi connectivity index (χ0v) is 11.9. The molecule has 0 saturated carbocycles. The lowest BCUT2D eigenvalue weighted by molar-refractivity contribution is 0.105. The highest BCUT2D eigenvalue weighted by molar-refractivity contribution is 7.89. The van der Waals surface area contributed by atoms with Gasteiger partial charge in [0.2, 0.25) is 0 Å². The van der Waals surface area contributed by atoms with Gasteiger partial charge in [-0.2, -0.15) is 0 Å². The molecule has 2 rings (SSSR count). The summed E-state index contributed by atoms with van der Waals surface area (Å²) in [5.41, 5.74) is 0. The minimum Gasteiger partial charge on any atom is -0.467 e. The van der Waals surface area contributed by atoms with Crippen molar-refractivity contribution in [1.82, 2.24) is 14.7 Å². The Balaban J connectivity index is 1.65. The lowest BCUT2D eigenvalue weighted by Gasteiger charge is -2.05. The highest BCUT2D eigenvalue weighted by Gasteiger charge is 2.15. The fraction of sp³-hybridized carbons (Fsp3) is 0.417. The molecule has 20 heavy (non-hydrogen) atoms. The highest BCUT2D eigenvalue weighted by atomic mass is 32.2. The molecule has 0 aromatic carbocycles. The van der Waals surface area contributed by atoms with Gasteiger partial charge < -0.3 is 14.1 Å². The Hall–Kier alpha value is -1.64. The lowest BCUT2D eigenvalue weighted by Crippen LogP contribution is -2.25. The third kappa shape index (κ3) is 4.19. The van der Waals surface area contributed by atoms with E-state index < -0.39 is 10.0 Å².